The molecule has 0 radical (unpaired) electrons. The van der Waals surface area contributed by atoms with E-state index in [-0.39, 0.29) is 39.6 Å². The third-order valence-electron chi connectivity index (χ3n) is 5.07. The Bertz CT molecular complexity index is 1230. The van der Waals surface area contributed by atoms with E-state index in [1.165, 1.54) is 18.3 Å². The number of aliphatic hydroxyl groups is 1. The minimum Gasteiger partial charge on any atom is -0.383 e. The van der Waals surface area contributed by atoms with Gasteiger partial charge in [-0.1, -0.05) is 17.7 Å². The van der Waals surface area contributed by atoms with Crippen molar-refractivity contribution in [3.63, 3.8) is 0 Å². The number of amides is 2. The smallest absolute Gasteiger partial charge is 0.257 e. The fourth-order valence-electron chi connectivity index (χ4n) is 3.22. The number of pyridine rings is 1. The third kappa shape index (κ3) is 5.27. The Morgan fingerprint density at radius 1 is 1.12 bits per heavy atom. The zero-order valence-corrected chi connectivity index (χ0v) is 17.9. The lowest BCUT2D eigenvalue weighted by atomic mass is 10.0. The van der Waals surface area contributed by atoms with Crippen LogP contribution in [0.25, 0.3) is 11.1 Å². The quantitative estimate of drug-likeness (QED) is 0.435. The molecule has 33 heavy (non-hydrogen) atoms. The Kier molecular flexibility index (Phi) is 6.26. The topological polar surface area (TPSA) is 117 Å². The van der Waals surface area contributed by atoms with Crippen LogP contribution in [-0.4, -0.2) is 27.9 Å². The van der Waals surface area contributed by atoms with E-state index in [1.807, 2.05) is 0 Å². The molecule has 1 fully saturated rings. The predicted molar refractivity (Wildman–Crippen MR) is 120 cm³/mol. The van der Waals surface area contributed by atoms with Gasteiger partial charge in [0.1, 0.15) is 17.5 Å². The lowest BCUT2D eigenvalue weighted by molar-refractivity contribution is -0.124. The van der Waals surface area contributed by atoms with Gasteiger partial charge in [0.05, 0.1) is 10.6 Å². The average Bonchev–Trinajstić information content (AvgIpc) is 3.57. The number of anilines is 2. The molecule has 10 heteroatoms. The molecule has 0 bridgehead atoms. The Balaban J connectivity index is 1.52. The van der Waals surface area contributed by atoms with Crippen LogP contribution in [0.1, 0.15) is 34.9 Å². The number of nitrogens with zero attached hydrogens (tertiary/aromatic N) is 1. The van der Waals surface area contributed by atoms with Crippen molar-refractivity contribution >= 4 is 34.9 Å². The summed E-state index contributed by atoms with van der Waals surface area (Å²) in [6.45, 7) is 0. The molecule has 2 aromatic carbocycles. The molecule has 170 valence electrons. The van der Waals surface area contributed by atoms with Crippen LogP contribution in [0, 0.1) is 11.6 Å². The molecule has 1 saturated carbocycles. The second kappa shape index (κ2) is 9.13. The number of hydrogen-bond acceptors (Lipinski definition) is 5. The van der Waals surface area contributed by atoms with Crippen molar-refractivity contribution in [1.29, 1.82) is 0 Å². The first-order valence-corrected chi connectivity index (χ1v) is 10.4. The summed E-state index contributed by atoms with van der Waals surface area (Å²) in [7, 11) is 0. The SMILES string of the molecule is Nc1ncc(-c2ccc(NC(=O)[C@H](O)c3cc(F)cc(F)c3)cc2Cl)cc1C(=O)NC1CC1. The standard InChI is InChI=1S/C23H19ClF2N4O3/c24-19-9-16(30-23(33)20(31)11-5-13(25)8-14(26)6-11)3-4-17(19)12-7-18(21(27)28-10-12)22(32)29-15-1-2-15/h3-10,15,20,31H,1-2H2,(H2,27,28)(H,29,32)(H,30,33)/t20-/m1/s1. The van der Waals surface area contributed by atoms with E-state index < -0.39 is 23.6 Å². The van der Waals surface area contributed by atoms with Gasteiger partial charge in [0, 0.05) is 35.1 Å². The zero-order chi connectivity index (χ0) is 23.7. The summed E-state index contributed by atoms with van der Waals surface area (Å²) >= 11 is 6.38. The maximum absolute atomic E-state index is 13.4. The van der Waals surface area contributed by atoms with Gasteiger partial charge in [-0.05, 0) is 48.7 Å². The Labute approximate surface area is 192 Å². The van der Waals surface area contributed by atoms with Crippen molar-refractivity contribution in [3.8, 4) is 11.1 Å². The summed E-state index contributed by atoms with van der Waals surface area (Å²) < 4.78 is 26.7. The number of nitrogens with one attached hydrogen (secondary N) is 2. The maximum Gasteiger partial charge on any atom is 0.257 e. The molecule has 2 amide bonds. The number of carbonyl (C=O) groups excluding carboxylic acids is 2. The predicted octanol–water partition coefficient (Wildman–Crippen LogP) is 3.83. The number of aliphatic hydroxyl groups excluding tert-OH is 1. The van der Waals surface area contributed by atoms with E-state index in [2.05, 4.69) is 15.6 Å². The normalized spacial score (nSPS) is 13.9. The number of carbonyl (C=O) groups is 2. The molecule has 1 atom stereocenters. The van der Waals surface area contributed by atoms with E-state index >= 15 is 0 Å². The van der Waals surface area contributed by atoms with Crippen molar-refractivity contribution < 1.29 is 23.5 Å². The van der Waals surface area contributed by atoms with Crippen molar-refractivity contribution in [2.45, 2.75) is 25.0 Å². The van der Waals surface area contributed by atoms with E-state index in [9.17, 15) is 23.5 Å². The van der Waals surface area contributed by atoms with Crippen molar-refractivity contribution in [1.82, 2.24) is 10.3 Å². The molecule has 1 aliphatic rings. The average molecular weight is 473 g/mol. The summed E-state index contributed by atoms with van der Waals surface area (Å²) in [5.41, 5.74) is 7.20. The minimum absolute atomic E-state index is 0.0969. The second-order valence-electron chi connectivity index (χ2n) is 7.69. The van der Waals surface area contributed by atoms with Gasteiger partial charge in [0.2, 0.25) is 0 Å². The van der Waals surface area contributed by atoms with Gasteiger partial charge in [-0.25, -0.2) is 13.8 Å². The molecule has 5 N–H and O–H groups in total. The third-order valence-corrected chi connectivity index (χ3v) is 5.39. The Hall–Kier alpha value is -3.56. The molecule has 0 unspecified atom stereocenters. The largest absolute Gasteiger partial charge is 0.383 e. The fraction of sp³-hybridized carbons (Fsp3) is 0.174. The molecule has 7 nitrogen and oxygen atoms in total. The molecular formula is C23H19ClF2N4O3. The van der Waals surface area contributed by atoms with Gasteiger partial charge in [-0.3, -0.25) is 9.59 Å². The van der Waals surface area contributed by atoms with Gasteiger partial charge in [0.15, 0.2) is 6.10 Å². The van der Waals surface area contributed by atoms with Gasteiger partial charge >= 0.3 is 0 Å². The van der Waals surface area contributed by atoms with Crippen LogP contribution < -0.4 is 16.4 Å². The highest BCUT2D eigenvalue weighted by atomic mass is 35.5. The highest BCUT2D eigenvalue weighted by molar-refractivity contribution is 6.33. The Morgan fingerprint density at radius 2 is 1.82 bits per heavy atom. The molecule has 4 rings (SSSR count). The second-order valence-corrected chi connectivity index (χ2v) is 8.10. The summed E-state index contributed by atoms with van der Waals surface area (Å²) in [6.07, 6.45) is 1.55. The van der Waals surface area contributed by atoms with Gasteiger partial charge in [-0.2, -0.15) is 0 Å². The highest BCUT2D eigenvalue weighted by Crippen LogP contribution is 2.32. The van der Waals surface area contributed by atoms with Crippen LogP contribution in [0.3, 0.4) is 0 Å². The number of hydrogen-bond donors (Lipinski definition) is 4. The van der Waals surface area contributed by atoms with E-state index in [0.717, 1.165) is 25.0 Å². The maximum atomic E-state index is 13.4. The minimum atomic E-state index is -1.79. The van der Waals surface area contributed by atoms with Gasteiger partial charge in [-0.15, -0.1) is 0 Å². The molecule has 1 heterocycles. The number of nitrogen functional groups attached to an aromatic ring is 1. The molecule has 1 aromatic heterocycles. The Morgan fingerprint density at radius 3 is 2.45 bits per heavy atom. The fourth-order valence-corrected chi connectivity index (χ4v) is 3.51. The van der Waals surface area contributed by atoms with Crippen LogP contribution in [-0.2, 0) is 4.79 Å². The van der Waals surface area contributed by atoms with Crippen molar-refractivity contribution in [3.05, 3.63) is 76.4 Å². The van der Waals surface area contributed by atoms with Crippen LogP contribution in [0.2, 0.25) is 5.02 Å². The molecule has 3 aromatic rings. The van der Waals surface area contributed by atoms with Crippen LogP contribution in [0.4, 0.5) is 20.3 Å². The van der Waals surface area contributed by atoms with Crippen molar-refractivity contribution in [2.24, 2.45) is 0 Å². The highest BCUT2D eigenvalue weighted by Gasteiger charge is 2.25. The summed E-state index contributed by atoms with van der Waals surface area (Å²) in [6, 6.07) is 8.68. The monoisotopic (exact) mass is 472 g/mol. The lowest BCUT2D eigenvalue weighted by Crippen LogP contribution is -2.26. The van der Waals surface area contributed by atoms with Crippen molar-refractivity contribution in [2.75, 3.05) is 11.1 Å². The molecule has 0 saturated heterocycles. The summed E-state index contributed by atoms with van der Waals surface area (Å²) in [5, 5.41) is 15.7. The van der Waals surface area contributed by atoms with E-state index in [1.54, 1.807) is 12.1 Å². The first-order chi connectivity index (χ1) is 15.7. The van der Waals surface area contributed by atoms with Gasteiger partial charge < -0.3 is 21.5 Å². The number of aromatic nitrogens is 1. The number of nitrogens with two attached hydrogens (primary N) is 1. The number of rotatable bonds is 6. The molecule has 1 aliphatic carbocycles. The van der Waals surface area contributed by atoms with Crippen LogP contribution in [0.5, 0.6) is 0 Å². The van der Waals surface area contributed by atoms with E-state index in [0.29, 0.717) is 17.2 Å². The molecule has 0 spiro atoms. The zero-order valence-electron chi connectivity index (χ0n) is 17.1. The van der Waals surface area contributed by atoms with Crippen LogP contribution in [0.15, 0.2) is 48.7 Å². The number of halogens is 3. The first kappa shape index (κ1) is 22.6. The molecular weight excluding hydrogens is 454 g/mol. The summed E-state index contributed by atoms with van der Waals surface area (Å²) in [5.74, 6) is -2.93. The van der Waals surface area contributed by atoms with Crippen LogP contribution >= 0.6 is 11.6 Å². The molecule has 0 aliphatic heterocycles. The van der Waals surface area contributed by atoms with Gasteiger partial charge in [0.25, 0.3) is 11.8 Å². The number of benzene rings is 2. The summed E-state index contributed by atoms with van der Waals surface area (Å²) in [4.78, 5) is 28.8. The van der Waals surface area contributed by atoms with E-state index in [4.69, 9.17) is 17.3 Å². The first-order valence-electron chi connectivity index (χ1n) is 10.0. The lowest BCUT2D eigenvalue weighted by Gasteiger charge is -2.14.